The molecule has 3 fully saturated rings. The molecule has 68 valence electrons. The van der Waals surface area contributed by atoms with E-state index in [1.165, 1.54) is 38.8 Å². The third-order valence-corrected chi connectivity index (χ3v) is 4.17. The normalized spacial score (nSPS) is 35.8. The van der Waals surface area contributed by atoms with E-state index >= 15 is 0 Å². The lowest BCUT2D eigenvalue weighted by molar-refractivity contribution is 0.252. The lowest BCUT2D eigenvalue weighted by Crippen LogP contribution is -2.60. The molecule has 0 bridgehead atoms. The van der Waals surface area contributed by atoms with Crippen molar-refractivity contribution in [1.82, 2.24) is 10.6 Å². The molecule has 0 aromatic carbocycles. The van der Waals surface area contributed by atoms with Crippen LogP contribution < -0.4 is 10.6 Å². The SMILES string of the molecule is CC1(C2(NC3CNC3)CC2)CC1. The van der Waals surface area contributed by atoms with E-state index in [0.29, 0.717) is 11.0 Å². The van der Waals surface area contributed by atoms with E-state index in [4.69, 9.17) is 0 Å². The van der Waals surface area contributed by atoms with Crippen LogP contribution in [0.5, 0.6) is 0 Å². The van der Waals surface area contributed by atoms with Crippen LogP contribution in [0.25, 0.3) is 0 Å². The zero-order valence-electron chi connectivity index (χ0n) is 7.82. The highest BCUT2D eigenvalue weighted by Crippen LogP contribution is 2.63. The molecule has 0 radical (unpaired) electrons. The van der Waals surface area contributed by atoms with Crippen molar-refractivity contribution in [1.29, 1.82) is 0 Å². The Labute approximate surface area is 74.1 Å². The monoisotopic (exact) mass is 166 g/mol. The van der Waals surface area contributed by atoms with E-state index in [9.17, 15) is 0 Å². The summed E-state index contributed by atoms with van der Waals surface area (Å²) in [4.78, 5) is 0. The minimum Gasteiger partial charge on any atom is -0.314 e. The third kappa shape index (κ3) is 0.882. The molecule has 2 aliphatic carbocycles. The van der Waals surface area contributed by atoms with Crippen molar-refractivity contribution in [3.8, 4) is 0 Å². The molecule has 2 saturated carbocycles. The number of hydrogen-bond acceptors (Lipinski definition) is 2. The predicted molar refractivity (Wildman–Crippen MR) is 49.1 cm³/mol. The zero-order valence-corrected chi connectivity index (χ0v) is 7.82. The van der Waals surface area contributed by atoms with E-state index in [0.717, 1.165) is 6.04 Å². The van der Waals surface area contributed by atoms with Gasteiger partial charge in [-0.05, 0) is 31.1 Å². The van der Waals surface area contributed by atoms with Crippen LogP contribution in [0.15, 0.2) is 0 Å². The van der Waals surface area contributed by atoms with Crippen LogP contribution >= 0.6 is 0 Å². The lowest BCUT2D eigenvalue weighted by Gasteiger charge is -2.35. The molecule has 0 amide bonds. The van der Waals surface area contributed by atoms with Crippen molar-refractivity contribution < 1.29 is 0 Å². The molecule has 2 nitrogen and oxygen atoms in total. The summed E-state index contributed by atoms with van der Waals surface area (Å²) < 4.78 is 0. The van der Waals surface area contributed by atoms with Crippen LogP contribution in [-0.4, -0.2) is 24.7 Å². The van der Waals surface area contributed by atoms with Crippen molar-refractivity contribution in [2.24, 2.45) is 5.41 Å². The van der Waals surface area contributed by atoms with Gasteiger partial charge in [0.05, 0.1) is 0 Å². The maximum atomic E-state index is 3.84. The van der Waals surface area contributed by atoms with Crippen LogP contribution in [0.4, 0.5) is 0 Å². The Hall–Kier alpha value is -0.0800. The summed E-state index contributed by atoms with van der Waals surface area (Å²) in [6.45, 7) is 4.84. The molecule has 1 saturated heterocycles. The van der Waals surface area contributed by atoms with E-state index in [-0.39, 0.29) is 0 Å². The molecule has 1 heterocycles. The summed E-state index contributed by atoms with van der Waals surface area (Å²) in [5.41, 5.74) is 1.27. The molecule has 0 unspecified atom stereocenters. The highest BCUT2D eigenvalue weighted by molar-refractivity contribution is 5.20. The molecule has 0 spiro atoms. The Morgan fingerprint density at radius 1 is 1.17 bits per heavy atom. The van der Waals surface area contributed by atoms with Gasteiger partial charge in [-0.2, -0.15) is 0 Å². The van der Waals surface area contributed by atoms with Crippen LogP contribution in [-0.2, 0) is 0 Å². The van der Waals surface area contributed by atoms with Crippen LogP contribution in [0.3, 0.4) is 0 Å². The Balaban J connectivity index is 1.66. The molecule has 0 atom stereocenters. The van der Waals surface area contributed by atoms with Gasteiger partial charge in [0.2, 0.25) is 0 Å². The van der Waals surface area contributed by atoms with Gasteiger partial charge in [0.25, 0.3) is 0 Å². The molecule has 0 aromatic rings. The van der Waals surface area contributed by atoms with Crippen molar-refractivity contribution in [2.75, 3.05) is 13.1 Å². The van der Waals surface area contributed by atoms with Crippen molar-refractivity contribution in [2.45, 2.75) is 44.2 Å². The first-order valence-electron chi connectivity index (χ1n) is 5.23. The van der Waals surface area contributed by atoms with E-state index in [2.05, 4.69) is 17.6 Å². The minimum absolute atomic E-state index is 0.583. The minimum atomic E-state index is 0.583. The van der Waals surface area contributed by atoms with Crippen molar-refractivity contribution in [3.63, 3.8) is 0 Å². The second kappa shape index (κ2) is 2.05. The second-order valence-corrected chi connectivity index (χ2v) is 5.14. The molecular formula is C10H18N2. The average molecular weight is 166 g/mol. The van der Waals surface area contributed by atoms with Gasteiger partial charge in [-0.25, -0.2) is 0 Å². The van der Waals surface area contributed by atoms with E-state index in [1.807, 2.05) is 0 Å². The molecule has 3 rings (SSSR count). The molecule has 1 aliphatic heterocycles. The highest BCUT2D eigenvalue weighted by Gasteiger charge is 2.62. The van der Waals surface area contributed by atoms with Crippen molar-refractivity contribution >= 4 is 0 Å². The summed E-state index contributed by atoms with van der Waals surface area (Å²) in [5, 5.41) is 7.16. The zero-order chi connectivity index (χ0) is 8.23. The molecule has 2 N–H and O–H groups in total. The molecule has 2 heteroatoms. The Kier molecular flexibility index (Phi) is 1.25. The van der Waals surface area contributed by atoms with Crippen LogP contribution in [0.1, 0.15) is 32.6 Å². The van der Waals surface area contributed by atoms with Gasteiger partial charge in [0, 0.05) is 24.7 Å². The van der Waals surface area contributed by atoms with E-state index < -0.39 is 0 Å². The van der Waals surface area contributed by atoms with Gasteiger partial charge in [-0.15, -0.1) is 0 Å². The maximum Gasteiger partial charge on any atom is 0.0322 e. The van der Waals surface area contributed by atoms with Gasteiger partial charge in [-0.1, -0.05) is 6.92 Å². The smallest absolute Gasteiger partial charge is 0.0322 e. The Morgan fingerprint density at radius 3 is 2.17 bits per heavy atom. The summed E-state index contributed by atoms with van der Waals surface area (Å²) >= 11 is 0. The fourth-order valence-corrected chi connectivity index (χ4v) is 2.49. The molecule has 12 heavy (non-hydrogen) atoms. The van der Waals surface area contributed by atoms with Gasteiger partial charge in [0.1, 0.15) is 0 Å². The molecular weight excluding hydrogens is 148 g/mol. The largest absolute Gasteiger partial charge is 0.314 e. The summed E-state index contributed by atoms with van der Waals surface area (Å²) in [6, 6.07) is 0.782. The second-order valence-electron chi connectivity index (χ2n) is 5.14. The van der Waals surface area contributed by atoms with E-state index in [1.54, 1.807) is 0 Å². The fraction of sp³-hybridized carbons (Fsp3) is 1.00. The molecule has 0 aromatic heterocycles. The average Bonchev–Trinajstić information content (AvgIpc) is 2.77. The number of nitrogens with one attached hydrogen (secondary N) is 2. The first-order chi connectivity index (χ1) is 5.74. The summed E-state index contributed by atoms with van der Waals surface area (Å²) in [6.07, 6.45) is 5.78. The number of rotatable bonds is 3. The lowest BCUT2D eigenvalue weighted by atomic mass is 9.94. The maximum absolute atomic E-state index is 3.84. The van der Waals surface area contributed by atoms with Gasteiger partial charge in [0.15, 0.2) is 0 Å². The predicted octanol–water partition coefficient (Wildman–Crippen LogP) is 0.880. The van der Waals surface area contributed by atoms with Crippen molar-refractivity contribution in [3.05, 3.63) is 0 Å². The highest BCUT2D eigenvalue weighted by atomic mass is 15.2. The Morgan fingerprint density at radius 2 is 1.83 bits per heavy atom. The Bertz CT molecular complexity index is 200. The van der Waals surface area contributed by atoms with Gasteiger partial charge in [-0.3, -0.25) is 0 Å². The first-order valence-corrected chi connectivity index (χ1v) is 5.23. The summed E-state index contributed by atoms with van der Waals surface area (Å²) in [7, 11) is 0. The number of hydrogen-bond donors (Lipinski definition) is 2. The standard InChI is InChI=1S/C10H18N2/c1-9(2-3-9)10(4-5-10)12-8-6-11-7-8/h8,11-12H,2-7H2,1H3. The summed E-state index contributed by atoms with van der Waals surface area (Å²) in [5.74, 6) is 0. The topological polar surface area (TPSA) is 24.1 Å². The molecule has 3 aliphatic rings. The third-order valence-electron chi connectivity index (χ3n) is 4.17. The first kappa shape index (κ1) is 7.34. The quantitative estimate of drug-likeness (QED) is 0.650. The van der Waals surface area contributed by atoms with Gasteiger partial charge >= 0.3 is 0 Å². The fourth-order valence-electron chi connectivity index (χ4n) is 2.49. The van der Waals surface area contributed by atoms with Gasteiger partial charge < -0.3 is 10.6 Å². The van der Waals surface area contributed by atoms with Crippen LogP contribution in [0, 0.1) is 5.41 Å². The van der Waals surface area contributed by atoms with Crippen LogP contribution in [0.2, 0.25) is 0 Å².